The molecule has 0 fully saturated rings. The Morgan fingerprint density at radius 1 is 1.00 bits per heavy atom. The Balaban J connectivity index is 2.14. The van der Waals surface area contributed by atoms with Crippen molar-refractivity contribution in [3.63, 3.8) is 0 Å². The van der Waals surface area contributed by atoms with Crippen molar-refractivity contribution in [3.05, 3.63) is 53.3 Å². The Morgan fingerprint density at radius 2 is 1.57 bits per heavy atom. The number of nitrogens with two attached hydrogens (primary N) is 1. The molecule has 0 aliphatic rings. The summed E-state index contributed by atoms with van der Waals surface area (Å²) in [6, 6.07) is 8.79. The van der Waals surface area contributed by atoms with E-state index in [9.17, 15) is 14.0 Å². The van der Waals surface area contributed by atoms with Gasteiger partial charge in [-0.25, -0.2) is 4.39 Å². The zero-order valence-electron chi connectivity index (χ0n) is 16.0. The summed E-state index contributed by atoms with van der Waals surface area (Å²) in [6.45, 7) is 0.0169. The van der Waals surface area contributed by atoms with Crippen molar-refractivity contribution < 1.29 is 28.2 Å². The van der Waals surface area contributed by atoms with Crippen LogP contribution in [0.5, 0.6) is 17.2 Å². The fourth-order valence-corrected chi connectivity index (χ4v) is 2.70. The Hall–Kier alpha value is -3.29. The van der Waals surface area contributed by atoms with Crippen LogP contribution in [0.3, 0.4) is 0 Å². The maximum absolute atomic E-state index is 13.0. The molecule has 0 aromatic heterocycles. The molecule has 0 aliphatic carbocycles. The van der Waals surface area contributed by atoms with Gasteiger partial charge >= 0.3 is 0 Å². The minimum absolute atomic E-state index is 0.0169. The van der Waals surface area contributed by atoms with Crippen molar-refractivity contribution in [2.75, 3.05) is 27.9 Å². The van der Waals surface area contributed by atoms with Crippen LogP contribution in [-0.4, -0.2) is 39.7 Å². The smallest absolute Gasteiger partial charge is 0.255 e. The monoisotopic (exact) mass is 390 g/mol. The van der Waals surface area contributed by atoms with Gasteiger partial charge in [-0.1, -0.05) is 12.1 Å². The summed E-state index contributed by atoms with van der Waals surface area (Å²) in [5, 5.41) is 2.69. The number of ether oxygens (including phenoxy) is 3. The Kier molecular flexibility index (Phi) is 7.20. The molecule has 0 aliphatic heterocycles. The molecule has 2 aromatic carbocycles. The van der Waals surface area contributed by atoms with Gasteiger partial charge in [0.2, 0.25) is 5.91 Å². The van der Waals surface area contributed by atoms with Crippen molar-refractivity contribution in [3.8, 4) is 17.2 Å². The fourth-order valence-electron chi connectivity index (χ4n) is 2.70. The van der Waals surface area contributed by atoms with Crippen LogP contribution in [0.25, 0.3) is 0 Å². The number of amides is 2. The predicted molar refractivity (Wildman–Crippen MR) is 101 cm³/mol. The van der Waals surface area contributed by atoms with Crippen molar-refractivity contribution in [2.24, 2.45) is 11.7 Å². The van der Waals surface area contributed by atoms with E-state index >= 15 is 0 Å². The molecule has 28 heavy (non-hydrogen) atoms. The van der Waals surface area contributed by atoms with E-state index in [1.165, 1.54) is 45.6 Å². The lowest BCUT2D eigenvalue weighted by Crippen LogP contribution is -2.37. The maximum atomic E-state index is 13.0. The maximum Gasteiger partial charge on any atom is 0.255 e. The van der Waals surface area contributed by atoms with E-state index in [0.717, 1.165) is 5.56 Å². The highest BCUT2D eigenvalue weighted by molar-refractivity contribution is 5.98. The largest absolute Gasteiger partial charge is 0.496 e. The van der Waals surface area contributed by atoms with Gasteiger partial charge in [0, 0.05) is 18.7 Å². The Morgan fingerprint density at radius 3 is 2.11 bits per heavy atom. The molecule has 2 amide bonds. The van der Waals surface area contributed by atoms with Gasteiger partial charge in [0.05, 0.1) is 32.8 Å². The summed E-state index contributed by atoms with van der Waals surface area (Å²) >= 11 is 0. The zero-order valence-corrected chi connectivity index (χ0v) is 16.0. The second-order valence-corrected chi connectivity index (χ2v) is 6.05. The van der Waals surface area contributed by atoms with Gasteiger partial charge in [-0.2, -0.15) is 0 Å². The third kappa shape index (κ3) is 5.12. The van der Waals surface area contributed by atoms with Gasteiger partial charge in [0.1, 0.15) is 11.6 Å². The second-order valence-electron chi connectivity index (χ2n) is 6.05. The summed E-state index contributed by atoms with van der Waals surface area (Å²) in [7, 11) is 4.36. The van der Waals surface area contributed by atoms with Gasteiger partial charge in [0.15, 0.2) is 11.5 Å². The lowest BCUT2D eigenvalue weighted by molar-refractivity contribution is -0.121. The third-order valence-corrected chi connectivity index (χ3v) is 4.26. The van der Waals surface area contributed by atoms with E-state index in [2.05, 4.69) is 5.32 Å². The van der Waals surface area contributed by atoms with E-state index in [4.69, 9.17) is 19.9 Å². The SMILES string of the molecule is COc1cc(OC)c(C(=O)NCC(Cc2ccc(F)cc2)C(N)=O)cc1OC. The van der Waals surface area contributed by atoms with Gasteiger partial charge < -0.3 is 25.3 Å². The van der Waals surface area contributed by atoms with E-state index in [-0.39, 0.29) is 24.3 Å². The molecule has 1 atom stereocenters. The van der Waals surface area contributed by atoms with Crippen LogP contribution in [-0.2, 0) is 11.2 Å². The van der Waals surface area contributed by atoms with Crippen molar-refractivity contribution in [2.45, 2.75) is 6.42 Å². The lowest BCUT2D eigenvalue weighted by atomic mass is 9.98. The highest BCUT2D eigenvalue weighted by Gasteiger charge is 2.21. The first-order valence-corrected chi connectivity index (χ1v) is 8.51. The van der Waals surface area contributed by atoms with Crippen molar-refractivity contribution in [1.29, 1.82) is 0 Å². The van der Waals surface area contributed by atoms with Crippen molar-refractivity contribution in [1.82, 2.24) is 5.32 Å². The first kappa shape index (κ1) is 21.0. The highest BCUT2D eigenvalue weighted by Crippen LogP contribution is 2.34. The topological polar surface area (TPSA) is 99.9 Å². The summed E-state index contributed by atoms with van der Waals surface area (Å²) in [4.78, 5) is 24.4. The number of nitrogens with one attached hydrogen (secondary N) is 1. The molecule has 0 radical (unpaired) electrons. The van der Waals surface area contributed by atoms with Crippen LogP contribution < -0.4 is 25.3 Å². The summed E-state index contributed by atoms with van der Waals surface area (Å²) in [5.41, 5.74) is 6.42. The minimum Gasteiger partial charge on any atom is -0.496 e. The molecule has 150 valence electrons. The quantitative estimate of drug-likeness (QED) is 0.682. The minimum atomic E-state index is -0.652. The number of hydrogen-bond donors (Lipinski definition) is 2. The fraction of sp³-hybridized carbons (Fsp3) is 0.300. The molecule has 0 heterocycles. The number of halogens is 1. The zero-order chi connectivity index (χ0) is 20.7. The second kappa shape index (κ2) is 9.59. The first-order valence-electron chi connectivity index (χ1n) is 8.51. The number of hydrogen-bond acceptors (Lipinski definition) is 5. The Labute approximate surface area is 162 Å². The van der Waals surface area contributed by atoms with Crippen LogP contribution in [0.4, 0.5) is 4.39 Å². The van der Waals surface area contributed by atoms with E-state index in [1.54, 1.807) is 12.1 Å². The van der Waals surface area contributed by atoms with Crippen molar-refractivity contribution >= 4 is 11.8 Å². The van der Waals surface area contributed by atoms with Gasteiger partial charge in [-0.05, 0) is 24.1 Å². The van der Waals surface area contributed by atoms with E-state index in [0.29, 0.717) is 17.2 Å². The molecule has 0 bridgehead atoms. The molecule has 0 spiro atoms. The van der Waals surface area contributed by atoms with Gasteiger partial charge in [-0.15, -0.1) is 0 Å². The number of methoxy groups -OCH3 is 3. The van der Waals surface area contributed by atoms with Crippen LogP contribution in [0.1, 0.15) is 15.9 Å². The summed E-state index contributed by atoms with van der Waals surface area (Å²) < 4.78 is 28.7. The summed E-state index contributed by atoms with van der Waals surface area (Å²) in [6.07, 6.45) is 0.277. The standard InChI is InChI=1S/C20H23FN2O5/c1-26-16-10-18(28-3)17(27-2)9-15(16)20(25)23-11-13(19(22)24)8-12-4-6-14(21)7-5-12/h4-7,9-10,13H,8,11H2,1-3H3,(H2,22,24)(H,23,25). The molecule has 3 N–H and O–H groups in total. The molecular weight excluding hydrogens is 367 g/mol. The van der Waals surface area contributed by atoms with Crippen LogP contribution in [0.2, 0.25) is 0 Å². The van der Waals surface area contributed by atoms with E-state index < -0.39 is 17.7 Å². The molecule has 1 unspecified atom stereocenters. The first-order chi connectivity index (χ1) is 13.4. The number of carbonyl (C=O) groups excluding carboxylic acids is 2. The normalized spacial score (nSPS) is 11.4. The van der Waals surface area contributed by atoms with Gasteiger partial charge in [-0.3, -0.25) is 9.59 Å². The third-order valence-electron chi connectivity index (χ3n) is 4.26. The molecule has 0 saturated carbocycles. The number of primary amides is 1. The van der Waals surface area contributed by atoms with Crippen LogP contribution >= 0.6 is 0 Å². The van der Waals surface area contributed by atoms with Crippen LogP contribution in [0.15, 0.2) is 36.4 Å². The molecule has 2 aromatic rings. The van der Waals surface area contributed by atoms with Crippen LogP contribution in [0, 0.1) is 11.7 Å². The average Bonchev–Trinajstić information content (AvgIpc) is 2.70. The molecule has 8 heteroatoms. The number of benzene rings is 2. The van der Waals surface area contributed by atoms with E-state index in [1.807, 2.05) is 0 Å². The molecule has 0 saturated heterocycles. The average molecular weight is 390 g/mol. The summed E-state index contributed by atoms with van der Waals surface area (Å²) in [5.74, 6) is -0.960. The molecule has 7 nitrogen and oxygen atoms in total. The highest BCUT2D eigenvalue weighted by atomic mass is 19.1. The molecular formula is C20H23FN2O5. The van der Waals surface area contributed by atoms with Gasteiger partial charge in [0.25, 0.3) is 5.91 Å². The lowest BCUT2D eigenvalue weighted by Gasteiger charge is -2.17. The molecule has 2 rings (SSSR count). The predicted octanol–water partition coefficient (Wildman–Crippen LogP) is 1.93. The number of rotatable bonds is 9. The number of carbonyl (C=O) groups is 2. The Bertz CT molecular complexity index is 839.